The van der Waals surface area contributed by atoms with E-state index in [0.717, 1.165) is 5.39 Å². The van der Waals surface area contributed by atoms with Crippen LogP contribution in [0.2, 0.25) is 0 Å². The largest absolute Gasteiger partial charge is 0.368 e. The normalized spacial score (nSPS) is 10.9. The summed E-state index contributed by atoms with van der Waals surface area (Å²) in [4.78, 5) is 8.33. The van der Waals surface area contributed by atoms with Crippen molar-refractivity contribution in [2.75, 3.05) is 11.1 Å². The van der Waals surface area contributed by atoms with Gasteiger partial charge in [-0.05, 0) is 25.0 Å². The Balaban J connectivity index is 1.90. The zero-order chi connectivity index (χ0) is 14.1. The highest BCUT2D eigenvalue weighted by Gasteiger charge is 2.08. The first-order valence-corrected chi connectivity index (χ1v) is 6.40. The maximum atomic E-state index is 5.70. The lowest BCUT2D eigenvalue weighted by atomic mass is 10.1. The molecule has 0 fully saturated rings. The smallest absolute Gasteiger partial charge is 0.224 e. The molecule has 20 heavy (non-hydrogen) atoms. The van der Waals surface area contributed by atoms with E-state index in [-0.39, 0.29) is 5.95 Å². The zero-order valence-corrected chi connectivity index (χ0v) is 11.4. The number of rotatable bonds is 3. The van der Waals surface area contributed by atoms with Crippen molar-refractivity contribution < 1.29 is 0 Å². The quantitative estimate of drug-likeness (QED) is 0.677. The topological polar surface area (TPSA) is 92.5 Å². The minimum atomic E-state index is 0.227. The summed E-state index contributed by atoms with van der Waals surface area (Å²) < 4.78 is 0. The standard InChI is InChI=1S/C14H16N6/c1-8-3-4-9(2)10(5-8)6-16-12-11-7-17-20-13(11)19-14(15)18-12/h3-5,7H,6H2,1-2H3,(H4,15,16,17,18,19,20). The fraction of sp³-hybridized carbons (Fsp3) is 0.214. The number of anilines is 2. The van der Waals surface area contributed by atoms with E-state index in [2.05, 4.69) is 57.5 Å². The molecule has 0 bridgehead atoms. The summed E-state index contributed by atoms with van der Waals surface area (Å²) in [6, 6.07) is 6.39. The number of nitrogens with zero attached hydrogens (tertiary/aromatic N) is 3. The molecule has 1 aromatic carbocycles. The van der Waals surface area contributed by atoms with Crippen LogP contribution < -0.4 is 11.1 Å². The van der Waals surface area contributed by atoms with Gasteiger partial charge in [-0.15, -0.1) is 0 Å². The number of aryl methyl sites for hydroxylation is 2. The third kappa shape index (κ3) is 2.27. The van der Waals surface area contributed by atoms with E-state index in [0.29, 0.717) is 18.0 Å². The van der Waals surface area contributed by atoms with E-state index in [9.17, 15) is 0 Å². The third-order valence-electron chi connectivity index (χ3n) is 3.28. The predicted molar refractivity (Wildman–Crippen MR) is 79.3 cm³/mol. The molecule has 0 saturated heterocycles. The van der Waals surface area contributed by atoms with Gasteiger partial charge >= 0.3 is 0 Å². The lowest BCUT2D eigenvalue weighted by Gasteiger charge is -2.10. The van der Waals surface area contributed by atoms with Gasteiger partial charge in [0.05, 0.1) is 11.6 Å². The van der Waals surface area contributed by atoms with Crippen LogP contribution in [0.25, 0.3) is 11.0 Å². The molecule has 6 heteroatoms. The molecule has 102 valence electrons. The maximum Gasteiger partial charge on any atom is 0.224 e. The van der Waals surface area contributed by atoms with Crippen molar-refractivity contribution in [1.29, 1.82) is 0 Å². The highest BCUT2D eigenvalue weighted by Crippen LogP contribution is 2.20. The van der Waals surface area contributed by atoms with Crippen molar-refractivity contribution in [2.24, 2.45) is 0 Å². The number of nitrogens with one attached hydrogen (secondary N) is 2. The number of hydrogen-bond acceptors (Lipinski definition) is 5. The van der Waals surface area contributed by atoms with E-state index in [1.807, 2.05) is 0 Å². The molecule has 0 spiro atoms. The van der Waals surface area contributed by atoms with Crippen LogP contribution in [-0.4, -0.2) is 20.2 Å². The molecule has 0 unspecified atom stereocenters. The van der Waals surface area contributed by atoms with Crippen molar-refractivity contribution >= 4 is 22.8 Å². The lowest BCUT2D eigenvalue weighted by molar-refractivity contribution is 1.07. The molecular formula is C14H16N6. The van der Waals surface area contributed by atoms with Gasteiger partial charge in [0.25, 0.3) is 0 Å². The van der Waals surface area contributed by atoms with Crippen LogP contribution in [0.4, 0.5) is 11.8 Å². The van der Waals surface area contributed by atoms with Crippen molar-refractivity contribution in [3.05, 3.63) is 41.1 Å². The van der Waals surface area contributed by atoms with E-state index in [1.54, 1.807) is 6.20 Å². The number of nitrogens with two attached hydrogens (primary N) is 1. The molecule has 3 rings (SSSR count). The van der Waals surface area contributed by atoms with Crippen LogP contribution in [0.1, 0.15) is 16.7 Å². The molecule has 0 aliphatic rings. The zero-order valence-electron chi connectivity index (χ0n) is 11.4. The number of H-pyrrole nitrogens is 1. The number of aromatic amines is 1. The van der Waals surface area contributed by atoms with E-state index >= 15 is 0 Å². The molecule has 0 saturated carbocycles. The average molecular weight is 268 g/mol. The van der Waals surface area contributed by atoms with Crippen molar-refractivity contribution in [3.63, 3.8) is 0 Å². The Labute approximate surface area is 116 Å². The van der Waals surface area contributed by atoms with Gasteiger partial charge in [-0.2, -0.15) is 15.1 Å². The van der Waals surface area contributed by atoms with Gasteiger partial charge in [-0.25, -0.2) is 0 Å². The molecule has 2 aromatic heterocycles. The summed E-state index contributed by atoms with van der Waals surface area (Å²) in [6.45, 7) is 4.86. The Morgan fingerprint density at radius 3 is 2.95 bits per heavy atom. The van der Waals surface area contributed by atoms with Gasteiger partial charge in [-0.1, -0.05) is 23.8 Å². The molecule has 3 aromatic rings. The molecule has 0 radical (unpaired) electrons. The minimum absolute atomic E-state index is 0.227. The Bertz CT molecular complexity index is 761. The highest BCUT2D eigenvalue weighted by atomic mass is 15.2. The van der Waals surface area contributed by atoms with Crippen molar-refractivity contribution in [2.45, 2.75) is 20.4 Å². The average Bonchev–Trinajstić information content (AvgIpc) is 2.87. The third-order valence-corrected chi connectivity index (χ3v) is 3.28. The number of hydrogen-bond donors (Lipinski definition) is 3. The van der Waals surface area contributed by atoms with E-state index in [1.165, 1.54) is 16.7 Å². The van der Waals surface area contributed by atoms with E-state index in [4.69, 9.17) is 5.73 Å². The number of aromatic nitrogens is 4. The summed E-state index contributed by atoms with van der Waals surface area (Å²) in [5.41, 5.74) is 10.1. The van der Waals surface area contributed by atoms with Gasteiger partial charge in [0, 0.05) is 6.54 Å². The molecule has 2 heterocycles. The molecule has 4 N–H and O–H groups in total. The first kappa shape index (κ1) is 12.4. The second-order valence-corrected chi connectivity index (χ2v) is 4.85. The van der Waals surface area contributed by atoms with Crippen LogP contribution in [0.5, 0.6) is 0 Å². The second kappa shape index (κ2) is 4.80. The van der Waals surface area contributed by atoms with Crippen LogP contribution in [0.15, 0.2) is 24.4 Å². The summed E-state index contributed by atoms with van der Waals surface area (Å²) in [5.74, 6) is 0.923. The van der Waals surface area contributed by atoms with Crippen LogP contribution >= 0.6 is 0 Å². The molecule has 0 atom stereocenters. The Morgan fingerprint density at radius 2 is 2.10 bits per heavy atom. The fourth-order valence-corrected chi connectivity index (χ4v) is 2.16. The Hall–Kier alpha value is -2.63. The number of benzene rings is 1. The summed E-state index contributed by atoms with van der Waals surface area (Å²) >= 11 is 0. The SMILES string of the molecule is Cc1ccc(C)c(CNc2nc(N)nc3[nH]ncc23)c1. The first-order valence-electron chi connectivity index (χ1n) is 6.40. The molecule has 0 aliphatic heterocycles. The number of nitrogen functional groups attached to an aromatic ring is 1. The first-order chi connectivity index (χ1) is 9.63. The maximum absolute atomic E-state index is 5.70. The summed E-state index contributed by atoms with van der Waals surface area (Å²) in [6.07, 6.45) is 1.69. The summed E-state index contributed by atoms with van der Waals surface area (Å²) in [5, 5.41) is 10.9. The van der Waals surface area contributed by atoms with Crippen LogP contribution in [0, 0.1) is 13.8 Å². The lowest BCUT2D eigenvalue weighted by Crippen LogP contribution is -2.06. The van der Waals surface area contributed by atoms with Gasteiger partial charge in [0.1, 0.15) is 5.82 Å². The molecule has 0 aliphatic carbocycles. The molecular weight excluding hydrogens is 252 g/mol. The van der Waals surface area contributed by atoms with Crippen LogP contribution in [0.3, 0.4) is 0 Å². The predicted octanol–water partition coefficient (Wildman–Crippen LogP) is 2.16. The Morgan fingerprint density at radius 1 is 1.25 bits per heavy atom. The van der Waals surface area contributed by atoms with Gasteiger partial charge in [-0.3, -0.25) is 5.10 Å². The van der Waals surface area contributed by atoms with Gasteiger partial charge in [0.15, 0.2) is 5.65 Å². The summed E-state index contributed by atoms with van der Waals surface area (Å²) in [7, 11) is 0. The van der Waals surface area contributed by atoms with Gasteiger partial charge in [0.2, 0.25) is 5.95 Å². The minimum Gasteiger partial charge on any atom is -0.368 e. The van der Waals surface area contributed by atoms with Crippen molar-refractivity contribution in [3.8, 4) is 0 Å². The monoisotopic (exact) mass is 268 g/mol. The van der Waals surface area contributed by atoms with Crippen LogP contribution in [-0.2, 0) is 6.54 Å². The van der Waals surface area contributed by atoms with Crippen molar-refractivity contribution in [1.82, 2.24) is 20.2 Å². The Kier molecular flexibility index (Phi) is 2.98. The fourth-order valence-electron chi connectivity index (χ4n) is 2.16. The molecule has 6 nitrogen and oxygen atoms in total. The number of fused-ring (bicyclic) bond motifs is 1. The highest BCUT2D eigenvalue weighted by molar-refractivity contribution is 5.86. The van der Waals surface area contributed by atoms with E-state index < -0.39 is 0 Å². The molecule has 0 amide bonds. The van der Waals surface area contributed by atoms with Gasteiger partial charge < -0.3 is 11.1 Å². The second-order valence-electron chi connectivity index (χ2n) is 4.85.